The summed E-state index contributed by atoms with van der Waals surface area (Å²) in [6.45, 7) is 2.26. The number of piperidine rings is 1. The lowest BCUT2D eigenvalue weighted by Crippen LogP contribution is -2.43. The van der Waals surface area contributed by atoms with Gasteiger partial charge in [0, 0.05) is 42.0 Å². The average molecular weight is 364 g/mol. The van der Waals surface area contributed by atoms with Crippen LogP contribution in [0.5, 0.6) is 0 Å². The Labute approximate surface area is 161 Å². The zero-order chi connectivity index (χ0) is 18.6. The number of hydrogen-bond acceptors (Lipinski definition) is 4. The van der Waals surface area contributed by atoms with Crippen molar-refractivity contribution >= 4 is 5.91 Å². The maximum absolute atomic E-state index is 11.6. The van der Waals surface area contributed by atoms with Gasteiger partial charge < -0.3 is 5.73 Å². The van der Waals surface area contributed by atoms with Crippen LogP contribution in [-0.2, 0) is 0 Å². The van der Waals surface area contributed by atoms with Crippen LogP contribution in [0, 0.1) is 0 Å². The number of nitrogens with two attached hydrogens (primary N) is 1. The number of benzene rings is 1. The molecule has 0 bridgehead atoms. The van der Waals surface area contributed by atoms with E-state index in [-0.39, 0.29) is 0 Å². The molecule has 142 valence electrons. The molecule has 1 aromatic carbocycles. The van der Waals surface area contributed by atoms with E-state index < -0.39 is 5.91 Å². The van der Waals surface area contributed by atoms with Crippen molar-refractivity contribution in [3.05, 3.63) is 47.9 Å². The van der Waals surface area contributed by atoms with Gasteiger partial charge in [-0.15, -0.1) is 0 Å². The molecule has 0 unspecified atom stereocenters. The topological polar surface area (TPSA) is 72.1 Å². The highest BCUT2D eigenvalue weighted by atomic mass is 16.1. The summed E-state index contributed by atoms with van der Waals surface area (Å²) in [4.78, 5) is 23.6. The minimum Gasteiger partial charge on any atom is -0.366 e. The molecule has 2 heterocycles. The lowest BCUT2D eigenvalue weighted by Gasteiger charge is -2.40. The Morgan fingerprint density at radius 2 is 1.85 bits per heavy atom. The molecule has 27 heavy (non-hydrogen) atoms. The second kappa shape index (κ2) is 8.17. The van der Waals surface area contributed by atoms with Crippen molar-refractivity contribution in [3.63, 3.8) is 0 Å². The lowest BCUT2D eigenvalue weighted by molar-refractivity contribution is 0.100. The highest BCUT2D eigenvalue weighted by molar-refractivity contribution is 5.94. The van der Waals surface area contributed by atoms with Gasteiger partial charge in [-0.05, 0) is 44.4 Å². The van der Waals surface area contributed by atoms with E-state index in [9.17, 15) is 4.79 Å². The number of carbonyl (C=O) groups is 1. The zero-order valence-corrected chi connectivity index (χ0v) is 15.8. The van der Waals surface area contributed by atoms with Crippen LogP contribution in [0.4, 0.5) is 0 Å². The molecule has 4 rings (SSSR count). The highest BCUT2D eigenvalue weighted by Gasteiger charge is 2.30. The van der Waals surface area contributed by atoms with Crippen molar-refractivity contribution in [2.24, 2.45) is 5.73 Å². The monoisotopic (exact) mass is 364 g/mol. The summed E-state index contributed by atoms with van der Waals surface area (Å²) in [5.74, 6) is -0.0231. The van der Waals surface area contributed by atoms with Gasteiger partial charge in [0.15, 0.2) is 0 Å². The SMILES string of the molecule is NC(=O)c1cccc(-c2nccnc2[C@H]2CCCN(C3CCCCC3)C2)c1. The Balaban J connectivity index is 1.60. The molecule has 0 radical (unpaired) electrons. The number of likely N-dealkylation sites (tertiary alicyclic amines) is 1. The smallest absolute Gasteiger partial charge is 0.248 e. The summed E-state index contributed by atoms with van der Waals surface area (Å²) in [6, 6.07) is 8.16. The van der Waals surface area contributed by atoms with Gasteiger partial charge in [0.25, 0.3) is 0 Å². The predicted molar refractivity (Wildman–Crippen MR) is 106 cm³/mol. The first-order valence-corrected chi connectivity index (χ1v) is 10.2. The first-order chi connectivity index (χ1) is 13.2. The molecular weight excluding hydrogens is 336 g/mol. The zero-order valence-electron chi connectivity index (χ0n) is 15.8. The lowest BCUT2D eigenvalue weighted by atomic mass is 9.87. The van der Waals surface area contributed by atoms with Crippen molar-refractivity contribution in [1.29, 1.82) is 0 Å². The molecule has 1 aromatic heterocycles. The van der Waals surface area contributed by atoms with Crippen molar-refractivity contribution < 1.29 is 4.79 Å². The minimum atomic E-state index is -0.413. The predicted octanol–water partition coefficient (Wildman–Crippen LogP) is 3.75. The molecule has 1 saturated carbocycles. The van der Waals surface area contributed by atoms with Gasteiger partial charge in [0.1, 0.15) is 0 Å². The summed E-state index contributed by atoms with van der Waals surface area (Å²) in [5.41, 5.74) is 8.83. The Hall–Kier alpha value is -2.27. The third kappa shape index (κ3) is 4.03. The first-order valence-electron chi connectivity index (χ1n) is 10.2. The molecule has 2 aromatic rings. The van der Waals surface area contributed by atoms with Crippen LogP contribution in [-0.4, -0.2) is 39.9 Å². The molecule has 1 atom stereocenters. The third-order valence-corrected chi connectivity index (χ3v) is 6.08. The summed E-state index contributed by atoms with van der Waals surface area (Å²) in [5, 5.41) is 0. The summed E-state index contributed by atoms with van der Waals surface area (Å²) >= 11 is 0. The molecule has 5 heteroatoms. The summed E-state index contributed by atoms with van der Waals surface area (Å²) < 4.78 is 0. The standard InChI is InChI=1S/C22H28N4O/c23-22(27)17-7-4-6-16(14-17)20-21(25-12-11-24-20)18-8-5-13-26(15-18)19-9-2-1-3-10-19/h4,6-7,11-12,14,18-19H,1-3,5,8-10,13,15H2,(H2,23,27)/t18-/m0/s1. The fourth-order valence-corrected chi connectivity index (χ4v) is 4.70. The maximum atomic E-state index is 11.6. The normalized spacial score (nSPS) is 21.9. The maximum Gasteiger partial charge on any atom is 0.248 e. The van der Waals surface area contributed by atoms with Crippen LogP contribution in [0.2, 0.25) is 0 Å². The first kappa shape index (κ1) is 18.1. The van der Waals surface area contributed by atoms with Crippen LogP contribution in [0.15, 0.2) is 36.7 Å². The van der Waals surface area contributed by atoms with E-state index in [1.807, 2.05) is 18.2 Å². The van der Waals surface area contributed by atoms with Crippen LogP contribution < -0.4 is 5.73 Å². The summed E-state index contributed by atoms with van der Waals surface area (Å²) in [7, 11) is 0. The third-order valence-electron chi connectivity index (χ3n) is 6.08. The number of rotatable bonds is 4. The van der Waals surface area contributed by atoms with Crippen molar-refractivity contribution in [1.82, 2.24) is 14.9 Å². The van der Waals surface area contributed by atoms with E-state index >= 15 is 0 Å². The molecule has 2 N–H and O–H groups in total. The van der Waals surface area contributed by atoms with Gasteiger partial charge in [-0.1, -0.05) is 31.4 Å². The Bertz CT molecular complexity index is 800. The van der Waals surface area contributed by atoms with Gasteiger partial charge in [-0.2, -0.15) is 0 Å². The molecule has 0 spiro atoms. The Morgan fingerprint density at radius 3 is 2.67 bits per heavy atom. The average Bonchev–Trinajstić information content (AvgIpc) is 2.74. The van der Waals surface area contributed by atoms with Crippen molar-refractivity contribution in [3.8, 4) is 11.3 Å². The molecule has 5 nitrogen and oxygen atoms in total. The van der Waals surface area contributed by atoms with Gasteiger partial charge in [-0.25, -0.2) is 0 Å². The largest absolute Gasteiger partial charge is 0.366 e. The number of carbonyl (C=O) groups excluding carboxylic acids is 1. The van der Waals surface area contributed by atoms with Crippen LogP contribution in [0.25, 0.3) is 11.3 Å². The Morgan fingerprint density at radius 1 is 1.04 bits per heavy atom. The van der Waals surface area contributed by atoms with Gasteiger partial charge >= 0.3 is 0 Å². The van der Waals surface area contributed by atoms with Gasteiger partial charge in [0.05, 0.1) is 11.4 Å². The van der Waals surface area contributed by atoms with Crippen LogP contribution >= 0.6 is 0 Å². The number of nitrogens with zero attached hydrogens (tertiary/aromatic N) is 3. The molecular formula is C22H28N4O. The van der Waals surface area contributed by atoms with E-state index in [0.29, 0.717) is 11.5 Å². The number of aromatic nitrogens is 2. The number of amides is 1. The second-order valence-electron chi connectivity index (χ2n) is 7.86. The van der Waals surface area contributed by atoms with Crippen molar-refractivity contribution in [2.75, 3.05) is 13.1 Å². The van der Waals surface area contributed by atoms with E-state index in [4.69, 9.17) is 10.7 Å². The second-order valence-corrected chi connectivity index (χ2v) is 7.86. The highest BCUT2D eigenvalue weighted by Crippen LogP contribution is 2.34. The molecule has 1 aliphatic heterocycles. The quantitative estimate of drug-likeness (QED) is 0.897. The molecule has 1 amide bonds. The van der Waals surface area contributed by atoms with E-state index in [1.54, 1.807) is 18.5 Å². The van der Waals surface area contributed by atoms with Gasteiger partial charge in [0.2, 0.25) is 5.91 Å². The van der Waals surface area contributed by atoms with Crippen LogP contribution in [0.3, 0.4) is 0 Å². The molecule has 2 aliphatic rings. The fourth-order valence-electron chi connectivity index (χ4n) is 4.70. The molecule has 1 aliphatic carbocycles. The van der Waals surface area contributed by atoms with E-state index in [2.05, 4.69) is 9.88 Å². The number of hydrogen-bond donors (Lipinski definition) is 1. The molecule has 1 saturated heterocycles. The summed E-state index contributed by atoms with van der Waals surface area (Å²) in [6.07, 6.45) is 12.7. The number of primary amides is 1. The van der Waals surface area contributed by atoms with Gasteiger partial charge in [-0.3, -0.25) is 19.7 Å². The van der Waals surface area contributed by atoms with E-state index in [0.717, 1.165) is 36.0 Å². The van der Waals surface area contributed by atoms with E-state index in [1.165, 1.54) is 45.1 Å². The Kier molecular flexibility index (Phi) is 5.48. The van der Waals surface area contributed by atoms with Crippen molar-refractivity contribution in [2.45, 2.75) is 56.9 Å². The fraction of sp³-hybridized carbons (Fsp3) is 0.500. The molecule has 2 fully saturated rings. The van der Waals surface area contributed by atoms with Crippen LogP contribution in [0.1, 0.15) is 66.9 Å². The minimum absolute atomic E-state index is 0.390.